The predicted octanol–water partition coefficient (Wildman–Crippen LogP) is 0.701. The van der Waals surface area contributed by atoms with Crippen LogP contribution in [0.15, 0.2) is 18.2 Å². The molecule has 3 N–H and O–H groups in total. The minimum absolute atomic E-state index is 0.0219. The van der Waals surface area contributed by atoms with Crippen molar-refractivity contribution in [3.8, 4) is 11.5 Å². The monoisotopic (exact) mass is 293 g/mol. The van der Waals surface area contributed by atoms with E-state index in [-0.39, 0.29) is 12.5 Å². The Morgan fingerprint density at radius 1 is 1.43 bits per heavy atom. The summed E-state index contributed by atoms with van der Waals surface area (Å²) < 4.78 is 10.7. The zero-order chi connectivity index (χ0) is 15.2. The quantitative estimate of drug-likeness (QED) is 0.724. The van der Waals surface area contributed by atoms with Crippen molar-refractivity contribution < 1.29 is 14.3 Å². The van der Waals surface area contributed by atoms with Crippen molar-refractivity contribution in [3.63, 3.8) is 0 Å². The maximum absolute atomic E-state index is 11.2. The van der Waals surface area contributed by atoms with Gasteiger partial charge in [-0.3, -0.25) is 9.69 Å². The fourth-order valence-corrected chi connectivity index (χ4v) is 2.38. The van der Waals surface area contributed by atoms with Crippen LogP contribution in [0.25, 0.3) is 0 Å². The number of likely N-dealkylation sites (N-methyl/N-ethyl adjacent to an activating group) is 1. The average Bonchev–Trinajstić information content (AvgIpc) is 2.95. The lowest BCUT2D eigenvalue weighted by Crippen LogP contribution is -2.44. The summed E-state index contributed by atoms with van der Waals surface area (Å²) in [4.78, 5) is 13.4. The largest absolute Gasteiger partial charge is 0.454 e. The molecule has 2 rings (SSSR count). The normalized spacial score (nSPS) is 14.3. The fraction of sp³-hybridized carbons (Fsp3) is 0.533. The summed E-state index contributed by atoms with van der Waals surface area (Å²) in [6.07, 6.45) is 0.878. The molecule has 0 fully saturated rings. The zero-order valence-electron chi connectivity index (χ0n) is 12.6. The Kier molecular flexibility index (Phi) is 5.41. The Labute approximate surface area is 125 Å². The van der Waals surface area contributed by atoms with Gasteiger partial charge < -0.3 is 20.5 Å². The first-order chi connectivity index (χ1) is 10.1. The third-order valence-electron chi connectivity index (χ3n) is 3.66. The Morgan fingerprint density at radius 2 is 2.19 bits per heavy atom. The maximum atomic E-state index is 11.2. The Hall–Kier alpha value is -1.79. The first-order valence-corrected chi connectivity index (χ1v) is 7.23. The molecule has 6 heteroatoms. The number of carbonyl (C=O) groups excluding carboxylic acids is 1. The highest BCUT2D eigenvalue weighted by Crippen LogP contribution is 2.32. The third-order valence-corrected chi connectivity index (χ3v) is 3.66. The second-order valence-corrected chi connectivity index (χ2v) is 5.11. The molecule has 1 aliphatic rings. The van der Waals surface area contributed by atoms with Gasteiger partial charge in [0.25, 0.3) is 0 Å². The van der Waals surface area contributed by atoms with Gasteiger partial charge in [-0.1, -0.05) is 13.0 Å². The summed E-state index contributed by atoms with van der Waals surface area (Å²) in [5.74, 6) is 1.47. The van der Waals surface area contributed by atoms with Crippen LogP contribution in [0.4, 0.5) is 0 Å². The number of ether oxygens (including phenoxy) is 2. The van der Waals surface area contributed by atoms with Gasteiger partial charge >= 0.3 is 0 Å². The lowest BCUT2D eigenvalue weighted by atomic mass is 10.1. The number of hydrogen-bond acceptors (Lipinski definition) is 5. The van der Waals surface area contributed by atoms with Crippen molar-refractivity contribution in [1.82, 2.24) is 10.2 Å². The van der Waals surface area contributed by atoms with Gasteiger partial charge in [0, 0.05) is 6.04 Å². The van der Waals surface area contributed by atoms with Crippen molar-refractivity contribution in [2.45, 2.75) is 26.3 Å². The Balaban J connectivity index is 1.92. The highest BCUT2D eigenvalue weighted by Gasteiger charge is 2.17. The number of nitrogens with zero attached hydrogens (tertiary/aromatic N) is 1. The second kappa shape index (κ2) is 7.28. The highest BCUT2D eigenvalue weighted by atomic mass is 16.7. The van der Waals surface area contributed by atoms with E-state index in [1.165, 1.54) is 5.56 Å². The number of carbonyl (C=O) groups is 1. The van der Waals surface area contributed by atoms with Crippen LogP contribution in [0, 0.1) is 0 Å². The number of nitrogens with one attached hydrogen (secondary N) is 1. The van der Waals surface area contributed by atoms with Crippen molar-refractivity contribution in [3.05, 3.63) is 23.8 Å². The Bertz CT molecular complexity index is 493. The molecule has 1 amide bonds. The Morgan fingerprint density at radius 3 is 2.90 bits per heavy atom. The molecular weight excluding hydrogens is 270 g/mol. The molecule has 1 atom stereocenters. The van der Waals surface area contributed by atoms with Crippen LogP contribution in [0.5, 0.6) is 11.5 Å². The van der Waals surface area contributed by atoms with Crippen LogP contribution in [0.3, 0.4) is 0 Å². The number of fused-ring (bicyclic) bond motifs is 1. The first kappa shape index (κ1) is 15.6. The summed E-state index contributed by atoms with van der Waals surface area (Å²) in [6.45, 7) is 5.90. The second-order valence-electron chi connectivity index (χ2n) is 5.11. The van der Waals surface area contributed by atoms with Gasteiger partial charge in [0.1, 0.15) is 0 Å². The van der Waals surface area contributed by atoms with E-state index in [2.05, 4.69) is 30.1 Å². The molecular formula is C15H23N3O3. The van der Waals surface area contributed by atoms with E-state index < -0.39 is 0 Å². The lowest BCUT2D eigenvalue weighted by molar-refractivity contribution is -0.120. The summed E-state index contributed by atoms with van der Waals surface area (Å²) in [5, 5.41) is 2.81. The number of amides is 1. The van der Waals surface area contributed by atoms with Gasteiger partial charge in [0.15, 0.2) is 11.5 Å². The summed E-state index contributed by atoms with van der Waals surface area (Å²) in [6, 6.07) is 6.31. The predicted molar refractivity (Wildman–Crippen MR) is 80.2 cm³/mol. The first-order valence-electron chi connectivity index (χ1n) is 7.23. The summed E-state index contributed by atoms with van der Waals surface area (Å²) in [5.41, 5.74) is 6.49. The molecule has 0 aromatic heterocycles. The molecule has 1 unspecified atom stereocenters. The topological polar surface area (TPSA) is 76.8 Å². The molecule has 1 aliphatic heterocycles. The van der Waals surface area contributed by atoms with Gasteiger partial charge in [-0.15, -0.1) is 0 Å². The lowest BCUT2D eigenvalue weighted by Gasteiger charge is -2.28. The van der Waals surface area contributed by atoms with Gasteiger partial charge in [-0.05, 0) is 37.6 Å². The highest BCUT2D eigenvalue weighted by molar-refractivity contribution is 5.77. The van der Waals surface area contributed by atoms with Crippen LogP contribution in [0.1, 0.15) is 19.4 Å². The van der Waals surface area contributed by atoms with Gasteiger partial charge in [0.05, 0.1) is 13.2 Å². The zero-order valence-corrected chi connectivity index (χ0v) is 12.6. The fourth-order valence-electron chi connectivity index (χ4n) is 2.38. The smallest absolute Gasteiger partial charge is 0.234 e. The van der Waals surface area contributed by atoms with Crippen LogP contribution < -0.4 is 20.5 Å². The van der Waals surface area contributed by atoms with E-state index in [1.807, 2.05) is 12.1 Å². The van der Waals surface area contributed by atoms with Crippen LogP contribution in [0.2, 0.25) is 0 Å². The van der Waals surface area contributed by atoms with E-state index >= 15 is 0 Å². The molecule has 21 heavy (non-hydrogen) atoms. The van der Waals surface area contributed by atoms with Gasteiger partial charge in [-0.25, -0.2) is 0 Å². The molecule has 1 aromatic carbocycles. The minimum Gasteiger partial charge on any atom is -0.454 e. The van der Waals surface area contributed by atoms with Crippen LogP contribution >= 0.6 is 0 Å². The maximum Gasteiger partial charge on any atom is 0.234 e. The molecule has 0 saturated carbocycles. The molecule has 0 aliphatic carbocycles. The molecule has 0 bridgehead atoms. The number of nitrogens with two attached hydrogens (primary N) is 1. The molecule has 0 saturated heterocycles. The van der Waals surface area contributed by atoms with Crippen LogP contribution in [-0.2, 0) is 11.2 Å². The van der Waals surface area contributed by atoms with Gasteiger partial charge in [-0.2, -0.15) is 0 Å². The molecule has 116 valence electrons. The SMILES string of the molecule is CCN(CNC(=O)CN)C(C)Cc1ccc2c(c1)OCO2. The van der Waals surface area contributed by atoms with Crippen molar-refractivity contribution in [2.24, 2.45) is 5.73 Å². The van der Waals surface area contributed by atoms with Crippen molar-refractivity contribution in [1.29, 1.82) is 0 Å². The molecule has 0 radical (unpaired) electrons. The molecule has 0 spiro atoms. The van der Waals surface area contributed by atoms with E-state index in [1.54, 1.807) is 0 Å². The number of rotatable bonds is 7. The molecule has 1 heterocycles. The summed E-state index contributed by atoms with van der Waals surface area (Å²) in [7, 11) is 0. The van der Waals surface area contributed by atoms with Gasteiger partial charge in [0.2, 0.25) is 12.7 Å². The van der Waals surface area contributed by atoms with Crippen molar-refractivity contribution in [2.75, 3.05) is 26.6 Å². The van der Waals surface area contributed by atoms with Crippen LogP contribution in [-0.4, -0.2) is 43.4 Å². The van der Waals surface area contributed by atoms with E-state index in [9.17, 15) is 4.79 Å². The number of hydrogen-bond donors (Lipinski definition) is 2. The summed E-state index contributed by atoms with van der Waals surface area (Å²) >= 11 is 0. The van der Waals surface area contributed by atoms with E-state index in [0.29, 0.717) is 19.5 Å². The average molecular weight is 293 g/mol. The standard InChI is InChI=1S/C15H23N3O3/c1-3-18(9-17-15(19)8-16)11(2)6-12-4-5-13-14(7-12)21-10-20-13/h4-5,7,11H,3,6,8-10,16H2,1-2H3,(H,17,19). The van der Waals surface area contributed by atoms with E-state index in [4.69, 9.17) is 15.2 Å². The minimum atomic E-state index is -0.135. The van der Waals surface area contributed by atoms with E-state index in [0.717, 1.165) is 24.5 Å². The molecule has 6 nitrogen and oxygen atoms in total. The number of benzene rings is 1. The van der Waals surface area contributed by atoms with Crippen molar-refractivity contribution >= 4 is 5.91 Å². The molecule has 1 aromatic rings. The third kappa shape index (κ3) is 4.09.